The molecule has 1 heterocycles. The average molecular weight is 210 g/mol. The van der Waals surface area contributed by atoms with Crippen LogP contribution in [0, 0.1) is 21.7 Å². The lowest BCUT2D eigenvalue weighted by atomic mass is 9.28. The molecule has 0 radical (unpaired) electrons. The minimum atomic E-state index is -0.680. The fourth-order valence-electron chi connectivity index (χ4n) is 3.64. The molecular formula is C12H18O3. The van der Waals surface area contributed by atoms with Crippen LogP contribution < -0.4 is 0 Å². The van der Waals surface area contributed by atoms with E-state index in [1.165, 1.54) is 0 Å². The number of rotatable bonds is 0. The van der Waals surface area contributed by atoms with Crippen LogP contribution in [0.5, 0.6) is 0 Å². The van der Waals surface area contributed by atoms with E-state index in [1.54, 1.807) is 0 Å². The van der Waals surface area contributed by atoms with Crippen molar-refractivity contribution in [1.29, 1.82) is 0 Å². The molecule has 1 aliphatic heterocycles. The molecule has 2 fully saturated rings. The van der Waals surface area contributed by atoms with Gasteiger partial charge in [-0.25, -0.2) is 0 Å². The molecule has 2 aliphatic rings. The zero-order valence-corrected chi connectivity index (χ0v) is 10.2. The van der Waals surface area contributed by atoms with E-state index in [0.717, 1.165) is 0 Å². The second kappa shape index (κ2) is 2.13. The number of carbonyl (C=O) groups excluding carboxylic acids is 2. The standard InChI is InChI=1S/C12H18O3/c1-9(2)10(3,4)12(6)8(14)15-7(13)11(9,12)5/h1-6H3. The zero-order valence-electron chi connectivity index (χ0n) is 10.2. The Hall–Kier alpha value is -0.860. The van der Waals surface area contributed by atoms with Gasteiger partial charge in [-0.1, -0.05) is 27.7 Å². The summed E-state index contributed by atoms with van der Waals surface area (Å²) in [5.41, 5.74) is -1.81. The van der Waals surface area contributed by atoms with Gasteiger partial charge in [-0.2, -0.15) is 0 Å². The van der Waals surface area contributed by atoms with Gasteiger partial charge in [0.25, 0.3) is 0 Å². The fourth-order valence-corrected chi connectivity index (χ4v) is 3.64. The lowest BCUT2D eigenvalue weighted by Gasteiger charge is -2.71. The first-order valence-electron chi connectivity index (χ1n) is 5.32. The summed E-state index contributed by atoms with van der Waals surface area (Å²) >= 11 is 0. The maximum Gasteiger partial charge on any atom is 0.321 e. The minimum Gasteiger partial charge on any atom is -0.392 e. The molecule has 1 saturated carbocycles. The first-order valence-corrected chi connectivity index (χ1v) is 5.32. The van der Waals surface area contributed by atoms with E-state index in [9.17, 15) is 9.59 Å². The van der Waals surface area contributed by atoms with Crippen molar-refractivity contribution in [3.05, 3.63) is 0 Å². The molecule has 0 aromatic carbocycles. The lowest BCUT2D eigenvalue weighted by molar-refractivity contribution is -0.259. The molecule has 3 nitrogen and oxygen atoms in total. The van der Waals surface area contributed by atoms with Gasteiger partial charge in [0.05, 0.1) is 10.8 Å². The van der Waals surface area contributed by atoms with Gasteiger partial charge in [0.2, 0.25) is 0 Å². The molecule has 0 aromatic heterocycles. The van der Waals surface area contributed by atoms with E-state index in [-0.39, 0.29) is 22.8 Å². The van der Waals surface area contributed by atoms with Gasteiger partial charge in [0, 0.05) is 0 Å². The molecule has 0 amide bonds. The summed E-state index contributed by atoms with van der Waals surface area (Å²) in [4.78, 5) is 23.7. The van der Waals surface area contributed by atoms with Crippen LogP contribution in [0.4, 0.5) is 0 Å². The summed E-state index contributed by atoms with van der Waals surface area (Å²) < 4.78 is 4.85. The molecule has 0 bridgehead atoms. The number of carbonyl (C=O) groups is 2. The summed E-state index contributed by atoms with van der Waals surface area (Å²) in [6.07, 6.45) is 0. The SMILES string of the molecule is CC1(C)C(C)(C)C2(C)C(=O)OC(=O)C12C. The molecule has 15 heavy (non-hydrogen) atoms. The van der Waals surface area contributed by atoms with Crippen molar-refractivity contribution in [3.63, 3.8) is 0 Å². The number of fused-ring (bicyclic) bond motifs is 1. The van der Waals surface area contributed by atoms with Crippen LogP contribution in [0.3, 0.4) is 0 Å². The number of hydrogen-bond donors (Lipinski definition) is 0. The first kappa shape index (κ1) is 10.7. The van der Waals surface area contributed by atoms with Gasteiger partial charge in [0.15, 0.2) is 0 Å². The van der Waals surface area contributed by atoms with E-state index < -0.39 is 10.8 Å². The third kappa shape index (κ3) is 0.624. The smallest absolute Gasteiger partial charge is 0.321 e. The Morgan fingerprint density at radius 3 is 1.27 bits per heavy atom. The Morgan fingerprint density at radius 1 is 0.733 bits per heavy atom. The Bertz CT molecular complexity index is 344. The van der Waals surface area contributed by atoms with Crippen molar-refractivity contribution < 1.29 is 14.3 Å². The lowest BCUT2D eigenvalue weighted by Crippen LogP contribution is -2.74. The number of ether oxygens (including phenoxy) is 1. The molecule has 84 valence electrons. The quantitative estimate of drug-likeness (QED) is 0.454. The summed E-state index contributed by atoms with van der Waals surface area (Å²) in [7, 11) is 0. The normalized spacial score (nSPS) is 45.7. The van der Waals surface area contributed by atoms with Crippen LogP contribution in [0.15, 0.2) is 0 Å². The molecule has 1 aliphatic carbocycles. The van der Waals surface area contributed by atoms with Gasteiger partial charge < -0.3 is 4.74 Å². The summed E-state index contributed by atoms with van der Waals surface area (Å²) in [5.74, 6) is -0.723. The second-order valence-electron chi connectivity index (χ2n) is 6.18. The van der Waals surface area contributed by atoms with Crippen molar-refractivity contribution in [1.82, 2.24) is 0 Å². The van der Waals surface area contributed by atoms with Gasteiger partial charge >= 0.3 is 11.9 Å². The zero-order chi connectivity index (χ0) is 11.9. The molecule has 0 spiro atoms. The van der Waals surface area contributed by atoms with Crippen LogP contribution in [-0.4, -0.2) is 11.9 Å². The van der Waals surface area contributed by atoms with Crippen molar-refractivity contribution in [2.24, 2.45) is 21.7 Å². The van der Waals surface area contributed by atoms with Gasteiger partial charge in [-0.3, -0.25) is 9.59 Å². The van der Waals surface area contributed by atoms with Crippen LogP contribution in [0.25, 0.3) is 0 Å². The van der Waals surface area contributed by atoms with Crippen LogP contribution in [-0.2, 0) is 14.3 Å². The molecular weight excluding hydrogens is 192 g/mol. The molecule has 0 aromatic rings. The third-order valence-corrected chi connectivity index (χ3v) is 6.06. The van der Waals surface area contributed by atoms with Crippen molar-refractivity contribution >= 4 is 11.9 Å². The Morgan fingerprint density at radius 2 is 1.00 bits per heavy atom. The molecule has 0 N–H and O–H groups in total. The highest BCUT2D eigenvalue weighted by Crippen LogP contribution is 2.80. The fraction of sp³-hybridized carbons (Fsp3) is 0.833. The topological polar surface area (TPSA) is 43.4 Å². The predicted molar refractivity (Wildman–Crippen MR) is 54.9 cm³/mol. The summed E-state index contributed by atoms with van der Waals surface area (Å²) in [5, 5.41) is 0. The number of esters is 2. The monoisotopic (exact) mass is 210 g/mol. The van der Waals surface area contributed by atoms with Crippen molar-refractivity contribution in [2.75, 3.05) is 0 Å². The van der Waals surface area contributed by atoms with Crippen molar-refractivity contribution in [3.8, 4) is 0 Å². The highest BCUT2D eigenvalue weighted by Gasteiger charge is 2.86. The van der Waals surface area contributed by atoms with Crippen LogP contribution in [0.2, 0.25) is 0 Å². The Balaban J connectivity index is 2.69. The van der Waals surface area contributed by atoms with E-state index in [2.05, 4.69) is 0 Å². The predicted octanol–water partition coefficient (Wildman–Crippen LogP) is 2.15. The minimum absolute atomic E-state index is 0.224. The van der Waals surface area contributed by atoms with Crippen molar-refractivity contribution in [2.45, 2.75) is 41.5 Å². The number of cyclic esters (lactones) is 2. The van der Waals surface area contributed by atoms with E-state index >= 15 is 0 Å². The van der Waals surface area contributed by atoms with Gasteiger partial charge in [-0.15, -0.1) is 0 Å². The highest BCUT2D eigenvalue weighted by atomic mass is 16.6. The first-order chi connectivity index (χ1) is 6.55. The largest absolute Gasteiger partial charge is 0.392 e. The van der Waals surface area contributed by atoms with E-state index in [1.807, 2.05) is 41.5 Å². The van der Waals surface area contributed by atoms with Crippen LogP contribution in [0.1, 0.15) is 41.5 Å². The maximum atomic E-state index is 11.8. The highest BCUT2D eigenvalue weighted by molar-refractivity contribution is 6.04. The Kier molecular flexibility index (Phi) is 1.51. The number of hydrogen-bond acceptors (Lipinski definition) is 3. The third-order valence-electron chi connectivity index (χ3n) is 6.06. The average Bonchev–Trinajstić information content (AvgIpc) is 2.28. The van der Waals surface area contributed by atoms with Gasteiger partial charge in [-0.05, 0) is 24.7 Å². The maximum absolute atomic E-state index is 11.8. The van der Waals surface area contributed by atoms with Gasteiger partial charge in [0.1, 0.15) is 0 Å². The summed E-state index contributed by atoms with van der Waals surface area (Å²) in [6, 6.07) is 0. The van der Waals surface area contributed by atoms with E-state index in [0.29, 0.717) is 0 Å². The Labute approximate surface area is 90.2 Å². The van der Waals surface area contributed by atoms with Crippen LogP contribution >= 0.6 is 0 Å². The molecule has 3 heteroatoms. The molecule has 2 unspecified atom stereocenters. The summed E-state index contributed by atoms with van der Waals surface area (Å²) in [6.45, 7) is 11.9. The molecule has 1 saturated heterocycles. The molecule has 2 rings (SSSR count). The second-order valence-corrected chi connectivity index (χ2v) is 6.18. The molecule has 2 atom stereocenters. The van der Waals surface area contributed by atoms with E-state index in [4.69, 9.17) is 4.74 Å².